The number of carboxylic acid groups (broad SMARTS) is 1. The van der Waals surface area contributed by atoms with Gasteiger partial charge in [-0.2, -0.15) is 0 Å². The van der Waals surface area contributed by atoms with Crippen LogP contribution in [0.25, 0.3) is 17.4 Å². The molecule has 0 radical (unpaired) electrons. The molecule has 32 heavy (non-hydrogen) atoms. The highest BCUT2D eigenvalue weighted by Crippen LogP contribution is 2.29. The first-order chi connectivity index (χ1) is 15.2. The molecular formula is C23H14ClN2O6-. The number of rotatable bonds is 4. The van der Waals surface area contributed by atoms with E-state index in [2.05, 4.69) is 5.32 Å². The lowest BCUT2D eigenvalue weighted by Crippen LogP contribution is -2.54. The summed E-state index contributed by atoms with van der Waals surface area (Å²) in [5, 5.41) is 13.1. The highest BCUT2D eigenvalue weighted by atomic mass is 35.5. The van der Waals surface area contributed by atoms with Crippen molar-refractivity contribution in [1.29, 1.82) is 0 Å². The Morgan fingerprint density at radius 1 is 1.06 bits per heavy atom. The number of carbonyl (C=O) groups excluding carboxylic acids is 4. The first kappa shape index (κ1) is 21.1. The fourth-order valence-electron chi connectivity index (χ4n) is 3.15. The van der Waals surface area contributed by atoms with E-state index in [1.54, 1.807) is 30.3 Å². The van der Waals surface area contributed by atoms with E-state index in [1.807, 2.05) is 6.92 Å². The molecule has 1 aromatic heterocycles. The Labute approximate surface area is 186 Å². The summed E-state index contributed by atoms with van der Waals surface area (Å²) in [6.45, 7) is 1.87. The van der Waals surface area contributed by atoms with Crippen LogP contribution in [0, 0.1) is 6.92 Å². The van der Waals surface area contributed by atoms with Gasteiger partial charge in [0, 0.05) is 11.1 Å². The Morgan fingerprint density at radius 3 is 2.44 bits per heavy atom. The number of urea groups is 1. The van der Waals surface area contributed by atoms with Crippen LogP contribution in [0.3, 0.4) is 0 Å². The summed E-state index contributed by atoms with van der Waals surface area (Å²) in [5.41, 5.74) is 1.31. The monoisotopic (exact) mass is 449 g/mol. The van der Waals surface area contributed by atoms with Crippen LogP contribution >= 0.6 is 11.6 Å². The summed E-state index contributed by atoms with van der Waals surface area (Å²) >= 11 is 5.96. The number of nitrogens with one attached hydrogen (secondary N) is 1. The Balaban J connectivity index is 1.65. The maximum atomic E-state index is 12.9. The molecule has 1 aliphatic rings. The minimum absolute atomic E-state index is 0.0205. The Morgan fingerprint density at radius 2 is 1.78 bits per heavy atom. The van der Waals surface area contributed by atoms with E-state index in [0.29, 0.717) is 17.0 Å². The van der Waals surface area contributed by atoms with Gasteiger partial charge in [0.15, 0.2) is 0 Å². The lowest BCUT2D eigenvalue weighted by molar-refractivity contribution is -0.255. The van der Waals surface area contributed by atoms with E-state index < -0.39 is 23.8 Å². The molecule has 1 aliphatic heterocycles. The Hall–Kier alpha value is -4.17. The number of benzene rings is 2. The first-order valence-corrected chi connectivity index (χ1v) is 9.71. The summed E-state index contributed by atoms with van der Waals surface area (Å²) in [5.74, 6) is -2.53. The van der Waals surface area contributed by atoms with E-state index in [9.17, 15) is 24.3 Å². The molecule has 2 heterocycles. The average Bonchev–Trinajstić information content (AvgIpc) is 3.21. The van der Waals surface area contributed by atoms with Gasteiger partial charge in [0.25, 0.3) is 11.8 Å². The van der Waals surface area contributed by atoms with E-state index in [1.165, 1.54) is 30.3 Å². The number of aromatic carboxylic acids is 1. The number of hydrogen-bond donors (Lipinski definition) is 1. The standard InChI is InChI=1S/C23H15ClN2O6/c1-12-2-5-14(6-3-12)26-21(28)17(20(27)25-23(26)31)11-15-7-9-19(32-15)13-4-8-16(22(29)30)18(24)10-13/h2-11H,1H3,(H,29,30)(H,25,27,31)/p-1/b17-11+. The predicted octanol–water partition coefficient (Wildman–Crippen LogP) is 2.94. The number of furan rings is 1. The topological polar surface area (TPSA) is 120 Å². The van der Waals surface area contributed by atoms with Crippen molar-refractivity contribution in [2.24, 2.45) is 0 Å². The highest BCUT2D eigenvalue weighted by Gasteiger charge is 2.37. The second-order valence-electron chi connectivity index (χ2n) is 6.98. The molecule has 0 atom stereocenters. The number of hydrogen-bond acceptors (Lipinski definition) is 6. The van der Waals surface area contributed by atoms with Gasteiger partial charge in [-0.25, -0.2) is 9.69 Å². The van der Waals surface area contributed by atoms with Crippen molar-refractivity contribution >= 4 is 47.2 Å². The number of carboxylic acids is 1. The van der Waals surface area contributed by atoms with Crippen molar-refractivity contribution in [2.45, 2.75) is 6.92 Å². The minimum atomic E-state index is -1.40. The fraction of sp³-hybridized carbons (Fsp3) is 0.0435. The lowest BCUT2D eigenvalue weighted by atomic mass is 10.1. The van der Waals surface area contributed by atoms with E-state index in [0.717, 1.165) is 10.5 Å². The van der Waals surface area contributed by atoms with Crippen molar-refractivity contribution < 1.29 is 28.7 Å². The van der Waals surface area contributed by atoms with E-state index >= 15 is 0 Å². The zero-order chi connectivity index (χ0) is 23.0. The molecule has 0 spiro atoms. The van der Waals surface area contributed by atoms with Gasteiger partial charge in [0.1, 0.15) is 17.1 Å². The number of anilines is 1. The normalized spacial score (nSPS) is 15.2. The molecule has 4 amide bonds. The molecule has 0 unspecified atom stereocenters. The van der Waals surface area contributed by atoms with Gasteiger partial charge in [0.2, 0.25) is 0 Å². The van der Waals surface area contributed by atoms with Gasteiger partial charge < -0.3 is 14.3 Å². The third-order valence-electron chi connectivity index (χ3n) is 4.78. The van der Waals surface area contributed by atoms with Crippen LogP contribution < -0.4 is 15.3 Å². The third-order valence-corrected chi connectivity index (χ3v) is 5.09. The second-order valence-corrected chi connectivity index (χ2v) is 7.38. The molecule has 0 aliphatic carbocycles. The largest absolute Gasteiger partial charge is 0.545 e. The molecule has 160 valence electrons. The number of imide groups is 2. The number of barbiturate groups is 1. The van der Waals surface area contributed by atoms with Crippen LogP contribution in [0.2, 0.25) is 5.02 Å². The number of aryl methyl sites for hydroxylation is 1. The van der Waals surface area contributed by atoms with Gasteiger partial charge in [-0.15, -0.1) is 0 Å². The molecule has 1 saturated heterocycles. The molecule has 9 heteroatoms. The predicted molar refractivity (Wildman–Crippen MR) is 114 cm³/mol. The molecule has 8 nitrogen and oxygen atoms in total. The number of amides is 4. The fourth-order valence-corrected chi connectivity index (χ4v) is 3.41. The van der Waals surface area contributed by atoms with Gasteiger partial charge in [-0.3, -0.25) is 14.9 Å². The highest BCUT2D eigenvalue weighted by molar-refractivity contribution is 6.39. The summed E-state index contributed by atoms with van der Waals surface area (Å²) in [7, 11) is 0. The van der Waals surface area contributed by atoms with Crippen molar-refractivity contribution in [1.82, 2.24) is 5.32 Å². The van der Waals surface area contributed by atoms with Gasteiger partial charge in [-0.1, -0.05) is 41.4 Å². The smallest absolute Gasteiger partial charge is 0.335 e. The number of nitrogens with zero attached hydrogens (tertiary/aromatic N) is 1. The van der Waals surface area contributed by atoms with Crippen LogP contribution in [0.4, 0.5) is 10.5 Å². The molecule has 4 rings (SSSR count). The summed E-state index contributed by atoms with van der Waals surface area (Å²) in [6.07, 6.45) is 1.23. The summed E-state index contributed by atoms with van der Waals surface area (Å²) < 4.78 is 5.67. The second kappa shape index (κ2) is 8.16. The van der Waals surface area contributed by atoms with Crippen LogP contribution in [0.15, 0.2) is 64.6 Å². The molecule has 1 N–H and O–H groups in total. The Bertz CT molecular complexity index is 1310. The zero-order valence-corrected chi connectivity index (χ0v) is 17.3. The van der Waals surface area contributed by atoms with Crippen molar-refractivity contribution in [3.63, 3.8) is 0 Å². The maximum Gasteiger partial charge on any atom is 0.335 e. The number of carbonyl (C=O) groups is 4. The first-order valence-electron chi connectivity index (χ1n) is 9.34. The minimum Gasteiger partial charge on any atom is -0.545 e. The molecule has 3 aromatic rings. The summed E-state index contributed by atoms with van der Waals surface area (Å²) in [4.78, 5) is 49.3. The van der Waals surface area contributed by atoms with Gasteiger partial charge in [-0.05, 0) is 43.3 Å². The molecule has 0 saturated carbocycles. The Kier molecular flexibility index (Phi) is 5.38. The molecule has 0 bridgehead atoms. The van der Waals surface area contributed by atoms with Crippen LogP contribution in [0.5, 0.6) is 0 Å². The van der Waals surface area contributed by atoms with E-state index in [4.69, 9.17) is 16.0 Å². The maximum absolute atomic E-state index is 12.9. The van der Waals surface area contributed by atoms with Crippen LogP contribution in [-0.4, -0.2) is 23.8 Å². The van der Waals surface area contributed by atoms with Crippen molar-refractivity contribution in [3.8, 4) is 11.3 Å². The third kappa shape index (κ3) is 3.91. The van der Waals surface area contributed by atoms with Gasteiger partial charge in [0.05, 0.1) is 16.7 Å². The molecule has 1 fully saturated rings. The quantitative estimate of drug-likeness (QED) is 0.483. The van der Waals surface area contributed by atoms with Gasteiger partial charge >= 0.3 is 6.03 Å². The zero-order valence-electron chi connectivity index (χ0n) is 16.5. The van der Waals surface area contributed by atoms with Crippen molar-refractivity contribution in [3.05, 3.63) is 82.1 Å². The van der Waals surface area contributed by atoms with Crippen molar-refractivity contribution in [2.75, 3.05) is 4.90 Å². The molecule has 2 aromatic carbocycles. The van der Waals surface area contributed by atoms with Crippen LogP contribution in [0.1, 0.15) is 21.7 Å². The lowest BCUT2D eigenvalue weighted by Gasteiger charge is -2.26. The SMILES string of the molecule is Cc1ccc(N2C(=O)NC(=O)/C(=C\c3ccc(-c4ccc(C(=O)[O-])c(Cl)c4)o3)C2=O)cc1. The number of halogens is 1. The molecular weight excluding hydrogens is 436 g/mol. The average molecular weight is 450 g/mol. The van der Waals surface area contributed by atoms with E-state index in [-0.39, 0.29) is 21.9 Å². The van der Waals surface area contributed by atoms with Crippen LogP contribution in [-0.2, 0) is 9.59 Å². The summed E-state index contributed by atoms with van der Waals surface area (Å²) in [6, 6.07) is 13.1.